The normalized spacial score (nSPS) is 20.8. The second-order valence-corrected chi connectivity index (χ2v) is 3.99. The molecular formula is C11H16N2O3. The van der Waals surface area contributed by atoms with Crippen molar-refractivity contribution in [2.75, 3.05) is 20.2 Å². The highest BCUT2D eigenvalue weighted by Gasteiger charge is 2.24. The number of rotatable bonds is 2. The van der Waals surface area contributed by atoms with Gasteiger partial charge in [0.25, 0.3) is 0 Å². The van der Waals surface area contributed by atoms with Gasteiger partial charge in [0, 0.05) is 12.5 Å². The molecule has 16 heavy (non-hydrogen) atoms. The first-order valence-corrected chi connectivity index (χ1v) is 5.48. The van der Waals surface area contributed by atoms with E-state index in [4.69, 9.17) is 4.42 Å². The first kappa shape index (κ1) is 11.1. The summed E-state index contributed by atoms with van der Waals surface area (Å²) in [4.78, 5) is 15.6. The summed E-state index contributed by atoms with van der Waals surface area (Å²) in [5.41, 5.74) is 0.295. The Hall–Kier alpha value is -1.36. The molecule has 0 bridgehead atoms. The molecule has 1 aromatic heterocycles. The van der Waals surface area contributed by atoms with E-state index in [0.29, 0.717) is 17.3 Å². The minimum Gasteiger partial charge on any atom is -0.464 e. The lowest BCUT2D eigenvalue weighted by Gasteiger charge is -2.19. The Morgan fingerprint density at radius 1 is 1.62 bits per heavy atom. The zero-order chi connectivity index (χ0) is 11.5. The second-order valence-electron chi connectivity index (χ2n) is 3.99. The van der Waals surface area contributed by atoms with Gasteiger partial charge in [-0.25, -0.2) is 9.78 Å². The van der Waals surface area contributed by atoms with Gasteiger partial charge in [0.2, 0.25) is 0 Å². The van der Waals surface area contributed by atoms with Crippen LogP contribution in [0.1, 0.15) is 40.9 Å². The number of esters is 1. The summed E-state index contributed by atoms with van der Waals surface area (Å²) in [6, 6.07) is 0. The van der Waals surface area contributed by atoms with Crippen LogP contribution in [0.2, 0.25) is 0 Å². The molecule has 0 saturated carbocycles. The molecule has 0 radical (unpaired) electrons. The number of hydrogen-bond acceptors (Lipinski definition) is 5. The maximum absolute atomic E-state index is 11.4. The van der Waals surface area contributed by atoms with Crippen molar-refractivity contribution in [1.29, 1.82) is 0 Å². The molecule has 5 nitrogen and oxygen atoms in total. The van der Waals surface area contributed by atoms with Crippen molar-refractivity contribution in [3.63, 3.8) is 0 Å². The second kappa shape index (κ2) is 4.65. The van der Waals surface area contributed by atoms with E-state index >= 15 is 0 Å². The van der Waals surface area contributed by atoms with Crippen molar-refractivity contribution < 1.29 is 13.9 Å². The summed E-state index contributed by atoms with van der Waals surface area (Å²) in [6.07, 6.45) is 2.16. The van der Waals surface area contributed by atoms with E-state index in [1.165, 1.54) is 7.11 Å². The highest BCUT2D eigenvalue weighted by Crippen LogP contribution is 2.24. The number of ether oxygens (including phenoxy) is 1. The van der Waals surface area contributed by atoms with E-state index in [1.54, 1.807) is 6.92 Å². The molecule has 1 saturated heterocycles. The highest BCUT2D eigenvalue weighted by molar-refractivity contribution is 5.88. The smallest absolute Gasteiger partial charge is 0.360 e. The van der Waals surface area contributed by atoms with E-state index in [0.717, 1.165) is 25.9 Å². The average Bonchev–Trinajstić information content (AvgIpc) is 2.71. The van der Waals surface area contributed by atoms with Gasteiger partial charge in [-0.3, -0.25) is 0 Å². The van der Waals surface area contributed by atoms with Crippen LogP contribution < -0.4 is 5.32 Å². The monoisotopic (exact) mass is 224 g/mol. The van der Waals surface area contributed by atoms with Crippen molar-refractivity contribution in [3.8, 4) is 0 Å². The van der Waals surface area contributed by atoms with Crippen molar-refractivity contribution in [2.24, 2.45) is 0 Å². The maximum Gasteiger partial charge on any atom is 0.360 e. The van der Waals surface area contributed by atoms with Crippen molar-refractivity contribution >= 4 is 5.97 Å². The maximum atomic E-state index is 11.4. The molecule has 2 rings (SSSR count). The van der Waals surface area contributed by atoms with Crippen LogP contribution in [0.15, 0.2) is 4.42 Å². The fraction of sp³-hybridized carbons (Fsp3) is 0.636. The summed E-state index contributed by atoms with van der Waals surface area (Å²) in [6.45, 7) is 3.64. The van der Waals surface area contributed by atoms with Crippen molar-refractivity contribution in [3.05, 3.63) is 17.3 Å². The van der Waals surface area contributed by atoms with Gasteiger partial charge in [-0.05, 0) is 26.3 Å². The van der Waals surface area contributed by atoms with E-state index in [-0.39, 0.29) is 5.92 Å². The number of aryl methyl sites for hydroxylation is 1. The van der Waals surface area contributed by atoms with Gasteiger partial charge in [0.1, 0.15) is 5.76 Å². The molecule has 0 spiro atoms. The molecule has 2 heterocycles. The number of nitrogens with one attached hydrogen (secondary N) is 1. The molecule has 0 aliphatic carbocycles. The minimum absolute atomic E-state index is 0.269. The molecule has 1 aliphatic rings. The van der Waals surface area contributed by atoms with E-state index in [1.807, 2.05) is 0 Å². The Labute approximate surface area is 94.2 Å². The first-order chi connectivity index (χ1) is 7.72. The van der Waals surface area contributed by atoms with Crippen LogP contribution in [0.25, 0.3) is 0 Å². The first-order valence-electron chi connectivity index (χ1n) is 5.48. The number of oxazole rings is 1. The standard InChI is InChI=1S/C11H16N2O3/c1-7-9(11(14)15-2)13-10(16-7)8-4-3-5-12-6-8/h8,12H,3-6H2,1-2H3. The SMILES string of the molecule is COC(=O)c1nc(C2CCCNC2)oc1C. The van der Waals surface area contributed by atoms with Gasteiger partial charge in [-0.2, -0.15) is 0 Å². The molecular weight excluding hydrogens is 208 g/mol. The van der Waals surface area contributed by atoms with Crippen molar-refractivity contribution in [2.45, 2.75) is 25.7 Å². The molecule has 0 aromatic carbocycles. The third-order valence-electron chi connectivity index (χ3n) is 2.84. The Kier molecular flexibility index (Phi) is 3.24. The van der Waals surface area contributed by atoms with Crippen LogP contribution in [-0.4, -0.2) is 31.2 Å². The molecule has 88 valence electrons. The van der Waals surface area contributed by atoms with Crippen LogP contribution in [0.3, 0.4) is 0 Å². The highest BCUT2D eigenvalue weighted by atomic mass is 16.5. The Morgan fingerprint density at radius 2 is 2.44 bits per heavy atom. The van der Waals surface area contributed by atoms with Crippen molar-refractivity contribution in [1.82, 2.24) is 10.3 Å². The summed E-state index contributed by atoms with van der Waals surface area (Å²) in [7, 11) is 1.35. The third kappa shape index (κ3) is 2.09. The van der Waals surface area contributed by atoms with Crippen LogP contribution in [-0.2, 0) is 4.74 Å². The lowest BCUT2D eigenvalue weighted by Crippen LogP contribution is -2.28. The number of carbonyl (C=O) groups is 1. The van der Waals surface area contributed by atoms with Crippen LogP contribution in [0.5, 0.6) is 0 Å². The third-order valence-corrected chi connectivity index (χ3v) is 2.84. The molecule has 1 aliphatic heterocycles. The average molecular weight is 224 g/mol. The molecule has 0 amide bonds. The van der Waals surface area contributed by atoms with Crippen LogP contribution in [0, 0.1) is 6.92 Å². The Balaban J connectivity index is 2.19. The number of aromatic nitrogens is 1. The fourth-order valence-electron chi connectivity index (χ4n) is 1.94. The van der Waals surface area contributed by atoms with Crippen LogP contribution >= 0.6 is 0 Å². The van der Waals surface area contributed by atoms with Gasteiger partial charge in [-0.1, -0.05) is 0 Å². The minimum atomic E-state index is -0.434. The number of piperidine rings is 1. The van der Waals surface area contributed by atoms with Gasteiger partial charge >= 0.3 is 5.97 Å². The van der Waals surface area contributed by atoms with E-state index in [9.17, 15) is 4.79 Å². The fourth-order valence-corrected chi connectivity index (χ4v) is 1.94. The summed E-state index contributed by atoms with van der Waals surface area (Å²) < 4.78 is 10.2. The predicted molar refractivity (Wildman–Crippen MR) is 57.4 cm³/mol. The quantitative estimate of drug-likeness (QED) is 0.765. The molecule has 5 heteroatoms. The predicted octanol–water partition coefficient (Wildman–Crippen LogP) is 1.24. The van der Waals surface area contributed by atoms with Gasteiger partial charge in [0.15, 0.2) is 11.6 Å². The number of hydrogen-bond donors (Lipinski definition) is 1. The number of carbonyl (C=O) groups excluding carboxylic acids is 1. The largest absolute Gasteiger partial charge is 0.464 e. The molecule has 1 unspecified atom stereocenters. The summed E-state index contributed by atoms with van der Waals surface area (Å²) >= 11 is 0. The van der Waals surface area contributed by atoms with E-state index in [2.05, 4.69) is 15.0 Å². The van der Waals surface area contributed by atoms with Gasteiger partial charge in [0.05, 0.1) is 7.11 Å². The summed E-state index contributed by atoms with van der Waals surface area (Å²) in [5.74, 6) is 1.01. The van der Waals surface area contributed by atoms with Gasteiger partial charge in [-0.15, -0.1) is 0 Å². The van der Waals surface area contributed by atoms with Gasteiger partial charge < -0.3 is 14.5 Å². The Morgan fingerprint density at radius 3 is 3.06 bits per heavy atom. The lowest BCUT2D eigenvalue weighted by molar-refractivity contribution is 0.0593. The lowest BCUT2D eigenvalue weighted by atomic mass is 10.00. The molecule has 1 N–H and O–H groups in total. The number of methoxy groups -OCH3 is 1. The van der Waals surface area contributed by atoms with Crippen LogP contribution in [0.4, 0.5) is 0 Å². The zero-order valence-electron chi connectivity index (χ0n) is 9.58. The topological polar surface area (TPSA) is 64.4 Å². The molecule has 1 aromatic rings. The molecule has 1 atom stereocenters. The number of nitrogens with zero attached hydrogens (tertiary/aromatic N) is 1. The zero-order valence-corrected chi connectivity index (χ0v) is 9.58. The van der Waals surface area contributed by atoms with E-state index < -0.39 is 5.97 Å². The Bertz CT molecular complexity index is 381. The summed E-state index contributed by atoms with van der Waals surface area (Å²) in [5, 5.41) is 3.29. The molecule has 1 fully saturated rings.